The molecule has 2 aromatic rings. The topological polar surface area (TPSA) is 91.9 Å². The lowest BCUT2D eigenvalue weighted by Gasteiger charge is -2.34. The summed E-state index contributed by atoms with van der Waals surface area (Å²) in [6, 6.07) is 6.08. The Hall–Kier alpha value is -2.59. The molecule has 31 heavy (non-hydrogen) atoms. The van der Waals surface area contributed by atoms with Crippen LogP contribution in [0.25, 0.3) is 0 Å². The van der Waals surface area contributed by atoms with Gasteiger partial charge < -0.3 is 19.7 Å². The van der Waals surface area contributed by atoms with Crippen LogP contribution in [-0.4, -0.2) is 67.6 Å². The van der Waals surface area contributed by atoms with Crippen molar-refractivity contribution in [2.45, 2.75) is 38.3 Å². The predicted octanol–water partition coefficient (Wildman–Crippen LogP) is 2.94. The van der Waals surface area contributed by atoms with E-state index >= 15 is 0 Å². The molecule has 1 saturated heterocycles. The molecular weight excluding hydrogens is 416 g/mol. The molecule has 1 aromatic heterocycles. The van der Waals surface area contributed by atoms with Crippen molar-refractivity contribution in [3.05, 3.63) is 23.8 Å². The highest BCUT2D eigenvalue weighted by Gasteiger charge is 2.22. The Bertz CT molecular complexity index is 856. The molecule has 0 unspecified atom stereocenters. The summed E-state index contributed by atoms with van der Waals surface area (Å²) in [6.45, 7) is 4.41. The molecule has 2 amide bonds. The van der Waals surface area contributed by atoms with Crippen LogP contribution in [0.4, 0.5) is 15.1 Å². The zero-order chi connectivity index (χ0) is 21.6. The van der Waals surface area contributed by atoms with Gasteiger partial charge >= 0.3 is 6.03 Å². The number of rotatable bonds is 7. The van der Waals surface area contributed by atoms with Crippen LogP contribution in [0.5, 0.6) is 11.5 Å². The van der Waals surface area contributed by atoms with E-state index in [9.17, 15) is 4.79 Å². The molecule has 1 aliphatic carbocycles. The van der Waals surface area contributed by atoms with Crippen molar-refractivity contribution < 1.29 is 14.3 Å². The second kappa shape index (κ2) is 10.1. The quantitative estimate of drug-likeness (QED) is 0.676. The van der Waals surface area contributed by atoms with E-state index in [4.69, 9.17) is 9.47 Å². The summed E-state index contributed by atoms with van der Waals surface area (Å²) in [6.07, 6.45) is 4.49. The molecule has 1 aliphatic heterocycles. The molecule has 2 aliphatic rings. The molecule has 10 heteroatoms. The van der Waals surface area contributed by atoms with E-state index < -0.39 is 0 Å². The summed E-state index contributed by atoms with van der Waals surface area (Å²) in [7, 11) is 3.34. The lowest BCUT2D eigenvalue weighted by Crippen LogP contribution is -2.45. The molecule has 4 rings (SSSR count). The monoisotopic (exact) mass is 446 g/mol. The summed E-state index contributed by atoms with van der Waals surface area (Å²) >= 11 is 1.42. The van der Waals surface area contributed by atoms with Gasteiger partial charge in [-0.1, -0.05) is 24.2 Å². The van der Waals surface area contributed by atoms with Crippen molar-refractivity contribution >= 4 is 27.6 Å². The molecule has 2 heterocycles. The number of hydrogen-bond acceptors (Lipinski definition) is 8. The van der Waals surface area contributed by atoms with Gasteiger partial charge in [0.25, 0.3) is 0 Å². The Kier molecular flexibility index (Phi) is 7.08. The highest BCUT2D eigenvalue weighted by atomic mass is 32.1. The van der Waals surface area contributed by atoms with Gasteiger partial charge in [0.2, 0.25) is 10.3 Å². The van der Waals surface area contributed by atoms with Gasteiger partial charge in [-0.05, 0) is 30.5 Å². The maximum absolute atomic E-state index is 12.1. The number of carbonyl (C=O) groups excluding carboxylic acids is 1. The zero-order valence-electron chi connectivity index (χ0n) is 18.1. The van der Waals surface area contributed by atoms with Gasteiger partial charge in [-0.3, -0.25) is 10.2 Å². The van der Waals surface area contributed by atoms with Crippen molar-refractivity contribution in [1.82, 2.24) is 20.4 Å². The van der Waals surface area contributed by atoms with Crippen molar-refractivity contribution in [3.8, 4) is 11.5 Å². The van der Waals surface area contributed by atoms with Crippen LogP contribution < -0.4 is 25.0 Å². The molecule has 2 fully saturated rings. The second-order valence-electron chi connectivity index (χ2n) is 7.95. The van der Waals surface area contributed by atoms with Gasteiger partial charge in [0.15, 0.2) is 0 Å². The SMILES string of the molecule is COc1cc(CN2CCN(c3nnc(NC(=O)NC4CCCC4)s3)CC2)cc(OC)c1. The number of amides is 2. The van der Waals surface area contributed by atoms with E-state index in [0.29, 0.717) is 5.13 Å². The number of anilines is 2. The summed E-state index contributed by atoms with van der Waals surface area (Å²) in [4.78, 5) is 16.8. The van der Waals surface area contributed by atoms with E-state index in [2.05, 4.69) is 30.6 Å². The van der Waals surface area contributed by atoms with Crippen molar-refractivity contribution in [3.63, 3.8) is 0 Å². The summed E-state index contributed by atoms with van der Waals surface area (Å²) < 4.78 is 10.7. The van der Waals surface area contributed by atoms with Gasteiger partial charge in [0.05, 0.1) is 14.2 Å². The molecule has 2 N–H and O–H groups in total. The van der Waals surface area contributed by atoms with Crippen LogP contribution in [0.1, 0.15) is 31.2 Å². The molecule has 0 spiro atoms. The predicted molar refractivity (Wildman–Crippen MR) is 121 cm³/mol. The average Bonchev–Trinajstić information content (AvgIpc) is 3.46. The molecule has 0 bridgehead atoms. The fourth-order valence-corrected chi connectivity index (χ4v) is 4.89. The lowest BCUT2D eigenvalue weighted by atomic mass is 10.1. The normalized spacial score (nSPS) is 17.5. The van der Waals surface area contributed by atoms with E-state index in [1.165, 1.54) is 29.7 Å². The summed E-state index contributed by atoms with van der Waals surface area (Å²) in [5.74, 6) is 1.61. The minimum atomic E-state index is -0.187. The molecule has 0 atom stereocenters. The number of benzene rings is 1. The maximum atomic E-state index is 12.1. The highest BCUT2D eigenvalue weighted by Crippen LogP contribution is 2.27. The molecule has 9 nitrogen and oxygen atoms in total. The van der Waals surface area contributed by atoms with E-state index in [0.717, 1.165) is 62.2 Å². The zero-order valence-corrected chi connectivity index (χ0v) is 18.9. The van der Waals surface area contributed by atoms with Crippen LogP contribution in [0, 0.1) is 0 Å². The fourth-order valence-electron chi connectivity index (χ4n) is 4.10. The van der Waals surface area contributed by atoms with Gasteiger partial charge in [0, 0.05) is 44.8 Å². The van der Waals surface area contributed by atoms with Crippen molar-refractivity contribution in [2.24, 2.45) is 0 Å². The molecular formula is C21H30N6O3S. The lowest BCUT2D eigenvalue weighted by molar-refractivity contribution is 0.248. The third kappa shape index (κ3) is 5.76. The minimum Gasteiger partial charge on any atom is -0.497 e. The first kappa shape index (κ1) is 21.6. The van der Waals surface area contributed by atoms with Gasteiger partial charge in [0.1, 0.15) is 11.5 Å². The molecule has 1 aromatic carbocycles. The number of hydrogen-bond donors (Lipinski definition) is 2. The number of ether oxygens (including phenoxy) is 2. The number of urea groups is 1. The van der Waals surface area contributed by atoms with E-state index in [-0.39, 0.29) is 12.1 Å². The number of piperazine rings is 1. The number of nitrogens with zero attached hydrogens (tertiary/aromatic N) is 4. The third-order valence-electron chi connectivity index (χ3n) is 5.79. The van der Waals surface area contributed by atoms with Crippen molar-refractivity contribution in [2.75, 3.05) is 50.6 Å². The van der Waals surface area contributed by atoms with Gasteiger partial charge in [-0.25, -0.2) is 4.79 Å². The Balaban J connectivity index is 1.27. The molecule has 168 valence electrons. The summed E-state index contributed by atoms with van der Waals surface area (Å²) in [5, 5.41) is 15.6. The number of nitrogens with one attached hydrogen (secondary N) is 2. The van der Waals surface area contributed by atoms with E-state index in [1.807, 2.05) is 18.2 Å². The first-order chi connectivity index (χ1) is 15.1. The van der Waals surface area contributed by atoms with Crippen LogP contribution in [0.3, 0.4) is 0 Å². The average molecular weight is 447 g/mol. The van der Waals surface area contributed by atoms with Crippen molar-refractivity contribution in [1.29, 1.82) is 0 Å². The largest absolute Gasteiger partial charge is 0.497 e. The van der Waals surface area contributed by atoms with Crippen LogP contribution in [0.15, 0.2) is 18.2 Å². The Morgan fingerprint density at radius 3 is 2.39 bits per heavy atom. The molecule has 0 radical (unpaired) electrons. The fraction of sp³-hybridized carbons (Fsp3) is 0.571. The smallest absolute Gasteiger partial charge is 0.321 e. The van der Waals surface area contributed by atoms with Crippen LogP contribution >= 0.6 is 11.3 Å². The van der Waals surface area contributed by atoms with Crippen LogP contribution in [0.2, 0.25) is 0 Å². The van der Waals surface area contributed by atoms with E-state index in [1.54, 1.807) is 14.2 Å². The maximum Gasteiger partial charge on any atom is 0.321 e. The number of methoxy groups -OCH3 is 2. The van der Waals surface area contributed by atoms with Gasteiger partial charge in [-0.2, -0.15) is 0 Å². The van der Waals surface area contributed by atoms with Gasteiger partial charge in [-0.15, -0.1) is 10.2 Å². The molecule has 1 saturated carbocycles. The third-order valence-corrected chi connectivity index (χ3v) is 6.68. The first-order valence-electron chi connectivity index (χ1n) is 10.7. The first-order valence-corrected chi connectivity index (χ1v) is 11.5. The second-order valence-corrected chi connectivity index (χ2v) is 8.91. The van der Waals surface area contributed by atoms with Crippen LogP contribution in [-0.2, 0) is 6.54 Å². The highest BCUT2D eigenvalue weighted by molar-refractivity contribution is 7.19. The number of carbonyl (C=O) groups is 1. The summed E-state index contributed by atoms with van der Waals surface area (Å²) in [5.41, 5.74) is 1.17. The Morgan fingerprint density at radius 1 is 1.06 bits per heavy atom. The standard InChI is InChI=1S/C21H30N6O3S/c1-29-17-11-15(12-18(13-17)30-2)14-26-7-9-27(10-8-26)21-25-24-20(31-21)23-19(28)22-16-5-3-4-6-16/h11-13,16H,3-10,14H2,1-2H3,(H2,22,23,24,28). The number of aromatic nitrogens is 2. The minimum absolute atomic E-state index is 0.187. The Morgan fingerprint density at radius 2 is 1.74 bits per heavy atom. The Labute approximate surface area is 186 Å².